The van der Waals surface area contributed by atoms with Gasteiger partial charge in [0.1, 0.15) is 5.78 Å². The number of rotatable bonds is 1. The standard InChI is InChI=1S/C8H10BrClO/c1-8(2)5(3-6(8)11)4-7(9)10/h4-5H,3H2,1-2H3. The molecule has 0 spiro atoms. The van der Waals surface area contributed by atoms with Crippen LogP contribution in [-0.2, 0) is 4.79 Å². The molecular weight excluding hydrogens is 227 g/mol. The number of hydrogen-bond donors (Lipinski definition) is 0. The van der Waals surface area contributed by atoms with Crippen LogP contribution < -0.4 is 0 Å². The number of Topliss-reactive ketones (excluding diaryl/α,β-unsaturated/α-hetero) is 1. The molecule has 0 N–H and O–H groups in total. The number of halogens is 2. The van der Waals surface area contributed by atoms with E-state index in [0.29, 0.717) is 22.1 Å². The maximum absolute atomic E-state index is 11.1. The second-order valence-corrected chi connectivity index (χ2v) is 5.13. The number of carbonyl (C=O) groups is 1. The topological polar surface area (TPSA) is 17.1 Å². The first-order valence-corrected chi connectivity index (χ1v) is 4.68. The second kappa shape index (κ2) is 2.91. The van der Waals surface area contributed by atoms with E-state index in [4.69, 9.17) is 11.6 Å². The molecule has 62 valence electrons. The van der Waals surface area contributed by atoms with Gasteiger partial charge in [-0.2, -0.15) is 0 Å². The third-order valence-corrected chi connectivity index (χ3v) is 2.77. The first kappa shape index (κ1) is 9.27. The molecule has 1 rings (SSSR count). The normalized spacial score (nSPS) is 30.0. The highest BCUT2D eigenvalue weighted by molar-refractivity contribution is 9.12. The molecule has 1 atom stereocenters. The minimum absolute atomic E-state index is 0.200. The van der Waals surface area contributed by atoms with Crippen LogP contribution in [0.15, 0.2) is 10.0 Å². The van der Waals surface area contributed by atoms with Crippen molar-refractivity contribution in [2.24, 2.45) is 11.3 Å². The lowest BCUT2D eigenvalue weighted by molar-refractivity contribution is -0.139. The minimum atomic E-state index is -0.200. The Balaban J connectivity index is 2.68. The van der Waals surface area contributed by atoms with Gasteiger partial charge in [-0.15, -0.1) is 0 Å². The molecule has 0 aromatic rings. The van der Waals surface area contributed by atoms with Gasteiger partial charge in [0.2, 0.25) is 0 Å². The van der Waals surface area contributed by atoms with E-state index >= 15 is 0 Å². The predicted molar refractivity (Wildman–Crippen MR) is 49.8 cm³/mol. The number of ketones is 1. The quantitative estimate of drug-likeness (QED) is 0.685. The monoisotopic (exact) mass is 236 g/mol. The number of carbonyl (C=O) groups excluding carboxylic acids is 1. The van der Waals surface area contributed by atoms with E-state index < -0.39 is 0 Å². The number of hydrogen-bond acceptors (Lipinski definition) is 1. The largest absolute Gasteiger partial charge is 0.299 e. The van der Waals surface area contributed by atoms with Crippen molar-refractivity contribution in [1.82, 2.24) is 0 Å². The smallest absolute Gasteiger partial charge is 0.139 e. The molecule has 0 aromatic heterocycles. The molecule has 1 saturated carbocycles. The summed E-state index contributed by atoms with van der Waals surface area (Å²) in [6, 6.07) is 0. The van der Waals surface area contributed by atoms with Gasteiger partial charge in [-0.25, -0.2) is 0 Å². The van der Waals surface area contributed by atoms with Crippen LogP contribution >= 0.6 is 27.5 Å². The van der Waals surface area contributed by atoms with E-state index in [9.17, 15) is 4.79 Å². The Morgan fingerprint density at radius 2 is 2.36 bits per heavy atom. The number of allylic oxidation sites excluding steroid dienone is 1. The Labute approximate surface area is 79.9 Å². The predicted octanol–water partition coefficient (Wildman–Crippen LogP) is 3.08. The average Bonchev–Trinajstić information content (AvgIpc) is 1.87. The zero-order valence-corrected chi connectivity index (χ0v) is 8.87. The second-order valence-electron chi connectivity index (χ2n) is 3.41. The Morgan fingerprint density at radius 3 is 2.64 bits per heavy atom. The van der Waals surface area contributed by atoms with Gasteiger partial charge in [-0.1, -0.05) is 31.5 Å². The van der Waals surface area contributed by atoms with Crippen LogP contribution in [0.5, 0.6) is 0 Å². The fraction of sp³-hybridized carbons (Fsp3) is 0.625. The van der Waals surface area contributed by atoms with Gasteiger partial charge >= 0.3 is 0 Å². The Morgan fingerprint density at radius 1 is 1.82 bits per heavy atom. The molecule has 1 fully saturated rings. The first-order chi connectivity index (χ1) is 4.94. The zero-order valence-electron chi connectivity index (χ0n) is 6.53. The summed E-state index contributed by atoms with van der Waals surface area (Å²) in [5, 5.41) is 0. The van der Waals surface area contributed by atoms with Crippen molar-refractivity contribution in [3.63, 3.8) is 0 Å². The summed E-state index contributed by atoms with van der Waals surface area (Å²) in [6.45, 7) is 3.90. The van der Waals surface area contributed by atoms with Crippen molar-refractivity contribution in [2.45, 2.75) is 20.3 Å². The zero-order chi connectivity index (χ0) is 8.65. The Hall–Kier alpha value is 0.180. The van der Waals surface area contributed by atoms with Crippen LogP contribution in [0.3, 0.4) is 0 Å². The van der Waals surface area contributed by atoms with Gasteiger partial charge in [0.25, 0.3) is 0 Å². The summed E-state index contributed by atoms with van der Waals surface area (Å²) >= 11 is 8.76. The highest BCUT2D eigenvalue weighted by Crippen LogP contribution is 2.44. The summed E-state index contributed by atoms with van der Waals surface area (Å²) in [5.74, 6) is 0.631. The molecular formula is C8H10BrClO. The molecule has 3 heteroatoms. The molecule has 0 aliphatic heterocycles. The van der Waals surface area contributed by atoms with Crippen molar-refractivity contribution in [2.75, 3.05) is 0 Å². The van der Waals surface area contributed by atoms with E-state index in [0.717, 1.165) is 0 Å². The molecule has 0 saturated heterocycles. The molecule has 1 unspecified atom stereocenters. The summed E-state index contributed by atoms with van der Waals surface area (Å²) in [5.41, 5.74) is -0.200. The van der Waals surface area contributed by atoms with Crippen LogP contribution in [0.2, 0.25) is 0 Å². The maximum atomic E-state index is 11.1. The summed E-state index contributed by atoms with van der Waals surface area (Å²) in [7, 11) is 0. The lowest BCUT2D eigenvalue weighted by atomic mass is 9.61. The molecule has 0 aromatic carbocycles. The lowest BCUT2D eigenvalue weighted by Crippen LogP contribution is -2.44. The van der Waals surface area contributed by atoms with E-state index in [-0.39, 0.29) is 5.41 Å². The fourth-order valence-electron chi connectivity index (χ4n) is 1.21. The van der Waals surface area contributed by atoms with Gasteiger partial charge in [0.15, 0.2) is 0 Å². The highest BCUT2D eigenvalue weighted by atomic mass is 79.9. The van der Waals surface area contributed by atoms with E-state index in [1.807, 2.05) is 19.9 Å². The molecule has 0 amide bonds. The van der Waals surface area contributed by atoms with Gasteiger partial charge in [-0.3, -0.25) is 4.79 Å². The third kappa shape index (κ3) is 1.67. The van der Waals surface area contributed by atoms with Crippen LogP contribution in [0.1, 0.15) is 20.3 Å². The van der Waals surface area contributed by atoms with Gasteiger partial charge in [0.05, 0.1) is 3.94 Å². The highest BCUT2D eigenvalue weighted by Gasteiger charge is 2.45. The molecule has 1 aliphatic rings. The van der Waals surface area contributed by atoms with Crippen LogP contribution in [0.4, 0.5) is 0 Å². The van der Waals surface area contributed by atoms with Crippen molar-refractivity contribution < 1.29 is 4.79 Å². The minimum Gasteiger partial charge on any atom is -0.299 e. The molecule has 0 heterocycles. The van der Waals surface area contributed by atoms with Crippen LogP contribution in [0, 0.1) is 11.3 Å². The van der Waals surface area contributed by atoms with Gasteiger partial charge < -0.3 is 0 Å². The van der Waals surface area contributed by atoms with Crippen molar-refractivity contribution in [3.05, 3.63) is 10.0 Å². The Kier molecular flexibility index (Phi) is 2.45. The summed E-state index contributed by atoms with van der Waals surface area (Å²) in [4.78, 5) is 11.1. The SMILES string of the molecule is CC1(C)C(=O)CC1C=C(Cl)Br. The van der Waals surface area contributed by atoms with Crippen molar-refractivity contribution >= 4 is 33.3 Å². The third-order valence-electron chi connectivity index (χ3n) is 2.38. The van der Waals surface area contributed by atoms with E-state index in [1.54, 1.807) is 0 Å². The first-order valence-electron chi connectivity index (χ1n) is 3.50. The molecule has 0 bridgehead atoms. The lowest BCUT2D eigenvalue weighted by Gasteiger charge is -2.40. The fourth-order valence-corrected chi connectivity index (χ4v) is 1.68. The van der Waals surface area contributed by atoms with Crippen molar-refractivity contribution in [1.29, 1.82) is 0 Å². The average molecular weight is 238 g/mol. The van der Waals surface area contributed by atoms with Crippen LogP contribution in [0.25, 0.3) is 0 Å². The van der Waals surface area contributed by atoms with Gasteiger partial charge in [0, 0.05) is 11.8 Å². The van der Waals surface area contributed by atoms with Crippen LogP contribution in [-0.4, -0.2) is 5.78 Å². The Bertz CT molecular complexity index is 216. The molecule has 0 radical (unpaired) electrons. The maximum Gasteiger partial charge on any atom is 0.139 e. The van der Waals surface area contributed by atoms with E-state index in [1.165, 1.54) is 0 Å². The van der Waals surface area contributed by atoms with Crippen molar-refractivity contribution in [3.8, 4) is 0 Å². The molecule has 1 nitrogen and oxygen atoms in total. The molecule has 11 heavy (non-hydrogen) atoms. The molecule has 1 aliphatic carbocycles. The summed E-state index contributed by atoms with van der Waals surface area (Å²) in [6.07, 6.45) is 2.53. The summed E-state index contributed by atoms with van der Waals surface area (Å²) < 4.78 is 0.600. The van der Waals surface area contributed by atoms with E-state index in [2.05, 4.69) is 15.9 Å². The van der Waals surface area contributed by atoms with Gasteiger partial charge in [-0.05, 0) is 21.8 Å².